The SMILES string of the molecule is CC1NC(SCc2cccc(Cl)c2)NC(=O)C1CC(=O)Nc1nccs1. The fraction of sp³-hybridized carbons (Fsp3) is 0.353. The molecule has 0 aliphatic carbocycles. The van der Waals surface area contributed by atoms with Crippen LogP contribution in [0.2, 0.25) is 5.02 Å². The Morgan fingerprint density at radius 2 is 2.31 bits per heavy atom. The van der Waals surface area contributed by atoms with Gasteiger partial charge in [-0.15, -0.1) is 23.1 Å². The van der Waals surface area contributed by atoms with Crippen molar-refractivity contribution in [1.82, 2.24) is 15.6 Å². The molecule has 6 nitrogen and oxygen atoms in total. The zero-order valence-electron chi connectivity index (χ0n) is 14.1. The van der Waals surface area contributed by atoms with E-state index in [0.29, 0.717) is 10.2 Å². The van der Waals surface area contributed by atoms with Crippen LogP contribution in [-0.2, 0) is 15.3 Å². The zero-order chi connectivity index (χ0) is 18.5. The van der Waals surface area contributed by atoms with Gasteiger partial charge in [0.15, 0.2) is 5.13 Å². The van der Waals surface area contributed by atoms with Gasteiger partial charge < -0.3 is 10.6 Å². The predicted octanol–water partition coefficient (Wildman–Crippen LogP) is 3.07. The molecule has 1 aromatic carbocycles. The van der Waals surface area contributed by atoms with Crippen LogP contribution >= 0.6 is 34.7 Å². The van der Waals surface area contributed by atoms with Gasteiger partial charge in [0.2, 0.25) is 11.8 Å². The standard InChI is InChI=1S/C17H19ClN4O2S2/c1-10-13(8-14(23)21-16-19-5-6-25-16)15(24)22-17(20-10)26-9-11-3-2-4-12(18)7-11/h2-7,10,13,17,20H,8-9H2,1H3,(H,22,24)(H,19,21,23). The van der Waals surface area contributed by atoms with Gasteiger partial charge in [-0.05, 0) is 24.6 Å². The number of halogens is 1. The monoisotopic (exact) mass is 410 g/mol. The first-order valence-electron chi connectivity index (χ1n) is 8.13. The van der Waals surface area contributed by atoms with Crippen LogP contribution in [0.3, 0.4) is 0 Å². The molecule has 0 saturated carbocycles. The largest absolute Gasteiger partial charge is 0.331 e. The molecule has 138 valence electrons. The molecule has 0 bridgehead atoms. The second-order valence-corrected chi connectivity index (χ2v) is 8.41. The number of thiazole rings is 1. The van der Waals surface area contributed by atoms with Gasteiger partial charge in [0.05, 0.1) is 5.92 Å². The third-order valence-electron chi connectivity index (χ3n) is 4.02. The summed E-state index contributed by atoms with van der Waals surface area (Å²) in [6.07, 6.45) is 1.74. The Morgan fingerprint density at radius 3 is 3.00 bits per heavy atom. The highest BCUT2D eigenvalue weighted by atomic mass is 35.5. The summed E-state index contributed by atoms with van der Waals surface area (Å²) in [6.45, 7) is 1.92. The fourth-order valence-corrected chi connectivity index (χ4v) is 4.49. The highest BCUT2D eigenvalue weighted by Gasteiger charge is 2.35. The summed E-state index contributed by atoms with van der Waals surface area (Å²) in [5.74, 6) is -0.0219. The number of carbonyl (C=O) groups is 2. The number of thioether (sulfide) groups is 1. The zero-order valence-corrected chi connectivity index (χ0v) is 16.5. The van der Waals surface area contributed by atoms with E-state index in [1.165, 1.54) is 11.3 Å². The molecule has 2 heterocycles. The van der Waals surface area contributed by atoms with Gasteiger partial charge in [0.1, 0.15) is 5.50 Å². The van der Waals surface area contributed by atoms with Crippen molar-refractivity contribution in [2.75, 3.05) is 5.32 Å². The van der Waals surface area contributed by atoms with Gasteiger partial charge in [-0.2, -0.15) is 0 Å². The fourth-order valence-electron chi connectivity index (χ4n) is 2.68. The summed E-state index contributed by atoms with van der Waals surface area (Å²) in [5.41, 5.74) is 0.894. The number of anilines is 1. The molecule has 1 saturated heterocycles. The third-order valence-corrected chi connectivity index (χ3v) is 6.03. The van der Waals surface area contributed by atoms with Gasteiger partial charge in [-0.1, -0.05) is 23.7 Å². The maximum Gasteiger partial charge on any atom is 0.227 e. The predicted molar refractivity (Wildman–Crippen MR) is 106 cm³/mol. The topological polar surface area (TPSA) is 83.1 Å². The number of aromatic nitrogens is 1. The van der Waals surface area contributed by atoms with Gasteiger partial charge in [0, 0.05) is 34.8 Å². The van der Waals surface area contributed by atoms with Crippen molar-refractivity contribution in [2.24, 2.45) is 5.92 Å². The Kier molecular flexibility index (Phi) is 6.53. The third kappa shape index (κ3) is 5.20. The van der Waals surface area contributed by atoms with E-state index in [2.05, 4.69) is 20.9 Å². The Balaban J connectivity index is 1.50. The van der Waals surface area contributed by atoms with Crippen LogP contribution in [0.25, 0.3) is 0 Å². The van der Waals surface area contributed by atoms with Crippen molar-refractivity contribution in [1.29, 1.82) is 0 Å². The number of hydrogen-bond donors (Lipinski definition) is 3. The minimum absolute atomic E-state index is 0.109. The molecule has 3 unspecified atom stereocenters. The van der Waals surface area contributed by atoms with Gasteiger partial charge in [0.25, 0.3) is 0 Å². The van der Waals surface area contributed by atoms with Crippen molar-refractivity contribution in [3.05, 3.63) is 46.4 Å². The summed E-state index contributed by atoms with van der Waals surface area (Å²) < 4.78 is 0. The van der Waals surface area contributed by atoms with Gasteiger partial charge >= 0.3 is 0 Å². The molecule has 1 aliphatic rings. The smallest absolute Gasteiger partial charge is 0.227 e. The molecule has 3 N–H and O–H groups in total. The first-order valence-corrected chi connectivity index (χ1v) is 10.4. The van der Waals surface area contributed by atoms with Crippen LogP contribution in [0.1, 0.15) is 18.9 Å². The summed E-state index contributed by atoms with van der Waals surface area (Å²) in [7, 11) is 0. The van der Waals surface area contributed by atoms with Crippen molar-refractivity contribution < 1.29 is 9.59 Å². The highest BCUT2D eigenvalue weighted by molar-refractivity contribution is 7.99. The number of benzene rings is 1. The lowest BCUT2D eigenvalue weighted by molar-refractivity contribution is -0.131. The number of hydrogen-bond acceptors (Lipinski definition) is 6. The summed E-state index contributed by atoms with van der Waals surface area (Å²) >= 11 is 8.92. The van der Waals surface area contributed by atoms with Gasteiger partial charge in [-0.3, -0.25) is 14.9 Å². The number of amides is 2. The minimum Gasteiger partial charge on any atom is -0.331 e. The maximum absolute atomic E-state index is 12.4. The van der Waals surface area contributed by atoms with Gasteiger partial charge in [-0.25, -0.2) is 4.98 Å². The van der Waals surface area contributed by atoms with Crippen molar-refractivity contribution in [3.63, 3.8) is 0 Å². The van der Waals surface area contributed by atoms with Crippen LogP contribution in [0, 0.1) is 5.92 Å². The van der Waals surface area contributed by atoms with E-state index >= 15 is 0 Å². The summed E-state index contributed by atoms with van der Waals surface area (Å²) in [5, 5.41) is 12.0. The van der Waals surface area contributed by atoms with E-state index in [-0.39, 0.29) is 29.8 Å². The Labute approximate surface area is 165 Å². The molecule has 1 aliphatic heterocycles. The lowest BCUT2D eigenvalue weighted by Gasteiger charge is -2.35. The molecule has 1 fully saturated rings. The Bertz CT molecular complexity index is 772. The van der Waals surface area contributed by atoms with Crippen LogP contribution in [0.5, 0.6) is 0 Å². The Morgan fingerprint density at radius 1 is 1.46 bits per heavy atom. The second kappa shape index (κ2) is 8.85. The molecule has 1 aromatic heterocycles. The van der Waals surface area contributed by atoms with Crippen LogP contribution < -0.4 is 16.0 Å². The number of nitrogens with zero attached hydrogens (tertiary/aromatic N) is 1. The number of carbonyl (C=O) groups excluding carboxylic acids is 2. The lowest BCUT2D eigenvalue weighted by Crippen LogP contribution is -2.59. The first-order chi connectivity index (χ1) is 12.5. The first kappa shape index (κ1) is 19.2. The molecule has 3 rings (SSSR count). The average Bonchev–Trinajstić information content (AvgIpc) is 3.09. The van der Waals surface area contributed by atoms with Crippen LogP contribution in [-0.4, -0.2) is 28.3 Å². The molecular formula is C17H19ClN4O2S2. The Hall–Kier alpha value is -1.61. The van der Waals surface area contributed by atoms with Crippen molar-refractivity contribution in [3.8, 4) is 0 Å². The molecule has 9 heteroatoms. The molecule has 2 aromatic rings. The molecular weight excluding hydrogens is 392 g/mol. The van der Waals surface area contributed by atoms with Crippen molar-refractivity contribution in [2.45, 2.75) is 30.6 Å². The number of nitrogens with one attached hydrogen (secondary N) is 3. The molecule has 0 radical (unpaired) electrons. The molecule has 2 amide bonds. The minimum atomic E-state index is -0.419. The normalized spacial score (nSPS) is 22.7. The molecule has 0 spiro atoms. The molecule has 26 heavy (non-hydrogen) atoms. The second-order valence-electron chi connectivity index (χ2n) is 5.98. The summed E-state index contributed by atoms with van der Waals surface area (Å²) in [4.78, 5) is 28.6. The van der Waals surface area contributed by atoms with E-state index in [9.17, 15) is 9.59 Å². The van der Waals surface area contributed by atoms with E-state index in [4.69, 9.17) is 11.6 Å². The van der Waals surface area contributed by atoms with E-state index < -0.39 is 5.92 Å². The quantitative estimate of drug-likeness (QED) is 0.681. The summed E-state index contributed by atoms with van der Waals surface area (Å²) in [6, 6.07) is 7.54. The van der Waals surface area contributed by atoms with E-state index in [1.54, 1.807) is 23.3 Å². The maximum atomic E-state index is 12.4. The van der Waals surface area contributed by atoms with Crippen LogP contribution in [0.15, 0.2) is 35.8 Å². The average molecular weight is 411 g/mol. The van der Waals surface area contributed by atoms with E-state index in [0.717, 1.165) is 11.3 Å². The van der Waals surface area contributed by atoms with E-state index in [1.807, 2.05) is 31.2 Å². The lowest BCUT2D eigenvalue weighted by atomic mass is 9.94. The highest BCUT2D eigenvalue weighted by Crippen LogP contribution is 2.23. The van der Waals surface area contributed by atoms with Crippen LogP contribution in [0.4, 0.5) is 5.13 Å². The van der Waals surface area contributed by atoms with Crippen molar-refractivity contribution >= 4 is 51.6 Å². The molecule has 3 atom stereocenters. The number of rotatable bonds is 6.